The summed E-state index contributed by atoms with van der Waals surface area (Å²) in [4.78, 5) is 11.5. The van der Waals surface area contributed by atoms with E-state index in [4.69, 9.17) is 0 Å². The first-order valence-electron chi connectivity index (χ1n) is 6.79. The molecule has 4 nitrogen and oxygen atoms in total. The lowest BCUT2D eigenvalue weighted by Gasteiger charge is -2.24. The van der Waals surface area contributed by atoms with Crippen LogP contribution in [-0.4, -0.2) is 31.0 Å². The summed E-state index contributed by atoms with van der Waals surface area (Å²) in [5.41, 5.74) is -0.790. The van der Waals surface area contributed by atoms with Crippen molar-refractivity contribution >= 4 is 15.8 Å². The quantitative estimate of drug-likeness (QED) is 0.775. The highest BCUT2D eigenvalue weighted by atomic mass is 32.2. The molecule has 106 valence electrons. The van der Waals surface area contributed by atoms with E-state index >= 15 is 0 Å². The Balaban J connectivity index is 2.69. The summed E-state index contributed by atoms with van der Waals surface area (Å²) in [5.74, 6) is -0.191. The molecule has 0 heterocycles. The van der Waals surface area contributed by atoms with Gasteiger partial charge in [-0.2, -0.15) is 0 Å². The van der Waals surface area contributed by atoms with Crippen LogP contribution in [0.3, 0.4) is 0 Å². The Bertz CT molecular complexity index is 388. The average molecular weight is 276 g/mol. The van der Waals surface area contributed by atoms with Crippen molar-refractivity contribution in [2.24, 2.45) is 11.3 Å². The first kappa shape index (κ1) is 15.5. The van der Waals surface area contributed by atoms with E-state index < -0.39 is 21.2 Å². The number of carbonyl (C=O) groups is 1. The molecule has 18 heavy (non-hydrogen) atoms. The Morgan fingerprint density at radius 3 is 2.44 bits per heavy atom. The van der Waals surface area contributed by atoms with Crippen LogP contribution in [0.5, 0.6) is 0 Å². The van der Waals surface area contributed by atoms with Gasteiger partial charge in [0, 0.05) is 5.75 Å². The van der Waals surface area contributed by atoms with Gasteiger partial charge in [0.25, 0.3) is 0 Å². The van der Waals surface area contributed by atoms with Crippen molar-refractivity contribution < 1.29 is 18.3 Å². The first-order valence-corrected chi connectivity index (χ1v) is 8.61. The molecule has 0 bridgehead atoms. The third-order valence-electron chi connectivity index (χ3n) is 4.15. The Labute approximate surface area is 110 Å². The molecule has 1 aliphatic rings. The van der Waals surface area contributed by atoms with Crippen LogP contribution in [0.1, 0.15) is 52.4 Å². The van der Waals surface area contributed by atoms with E-state index in [0.717, 1.165) is 12.8 Å². The van der Waals surface area contributed by atoms with Crippen LogP contribution in [0.4, 0.5) is 0 Å². The molecule has 0 spiro atoms. The highest BCUT2D eigenvalue weighted by Crippen LogP contribution is 2.46. The maximum absolute atomic E-state index is 11.7. The molecule has 0 aliphatic heterocycles. The zero-order valence-corrected chi connectivity index (χ0v) is 12.1. The van der Waals surface area contributed by atoms with Crippen molar-refractivity contribution in [1.29, 1.82) is 0 Å². The summed E-state index contributed by atoms with van der Waals surface area (Å²) in [6.07, 6.45) is 4.04. The number of rotatable bonds is 7. The third-order valence-corrected chi connectivity index (χ3v) is 6.00. The maximum Gasteiger partial charge on any atom is 0.309 e. The van der Waals surface area contributed by atoms with Crippen LogP contribution in [0.15, 0.2) is 0 Å². The van der Waals surface area contributed by atoms with E-state index in [1.807, 2.05) is 6.92 Å². The molecule has 1 rings (SSSR count). The predicted octanol–water partition coefficient (Wildman–Crippen LogP) is 2.48. The highest BCUT2D eigenvalue weighted by Gasteiger charge is 2.45. The molecule has 1 N–H and O–H groups in total. The second kappa shape index (κ2) is 6.04. The third kappa shape index (κ3) is 3.70. The number of hydrogen-bond acceptors (Lipinski definition) is 3. The molecule has 0 aromatic heterocycles. The summed E-state index contributed by atoms with van der Waals surface area (Å²) >= 11 is 0. The number of hydrogen-bond donors (Lipinski definition) is 1. The van der Waals surface area contributed by atoms with Crippen LogP contribution in [0.25, 0.3) is 0 Å². The summed E-state index contributed by atoms with van der Waals surface area (Å²) < 4.78 is 23.4. The molecule has 0 aromatic carbocycles. The second-order valence-electron chi connectivity index (χ2n) is 5.50. The predicted molar refractivity (Wildman–Crippen MR) is 71.3 cm³/mol. The molecular weight excluding hydrogens is 252 g/mol. The monoisotopic (exact) mass is 276 g/mol. The fraction of sp³-hybridized carbons (Fsp3) is 0.923. The lowest BCUT2D eigenvalue weighted by molar-refractivity contribution is -0.149. The van der Waals surface area contributed by atoms with Gasteiger partial charge in [0.05, 0.1) is 11.2 Å². The largest absolute Gasteiger partial charge is 0.481 e. The Kier molecular flexibility index (Phi) is 5.20. The van der Waals surface area contributed by atoms with Gasteiger partial charge in [-0.25, -0.2) is 8.42 Å². The number of aliphatic carboxylic acids is 1. The SMILES string of the molecule is CCCS(=O)(=O)CCC1(C(=O)O)CCC(CC)C1. The van der Waals surface area contributed by atoms with E-state index in [2.05, 4.69) is 6.92 Å². The Hall–Kier alpha value is -0.580. The summed E-state index contributed by atoms with van der Waals surface area (Å²) in [5, 5.41) is 9.41. The van der Waals surface area contributed by atoms with Crippen molar-refractivity contribution in [3.63, 3.8) is 0 Å². The lowest BCUT2D eigenvalue weighted by Crippen LogP contribution is -2.31. The van der Waals surface area contributed by atoms with Gasteiger partial charge in [0.15, 0.2) is 0 Å². The number of carboxylic acid groups (broad SMARTS) is 1. The van der Waals surface area contributed by atoms with E-state index in [1.165, 1.54) is 0 Å². The first-order chi connectivity index (χ1) is 8.35. The van der Waals surface area contributed by atoms with Gasteiger partial charge in [-0.05, 0) is 38.0 Å². The van der Waals surface area contributed by atoms with Crippen LogP contribution in [0.2, 0.25) is 0 Å². The topological polar surface area (TPSA) is 71.4 Å². The van der Waals surface area contributed by atoms with E-state index in [0.29, 0.717) is 25.2 Å². The molecule has 2 atom stereocenters. The number of sulfone groups is 1. The van der Waals surface area contributed by atoms with Crippen molar-refractivity contribution in [2.75, 3.05) is 11.5 Å². The van der Waals surface area contributed by atoms with Gasteiger partial charge in [0.2, 0.25) is 0 Å². The van der Waals surface area contributed by atoms with Crippen LogP contribution in [-0.2, 0) is 14.6 Å². The Morgan fingerprint density at radius 2 is 2.00 bits per heavy atom. The van der Waals surface area contributed by atoms with Crippen molar-refractivity contribution in [3.8, 4) is 0 Å². The minimum atomic E-state index is -3.08. The van der Waals surface area contributed by atoms with Crippen LogP contribution in [0, 0.1) is 11.3 Å². The maximum atomic E-state index is 11.7. The number of carboxylic acids is 1. The van der Waals surface area contributed by atoms with Gasteiger partial charge in [0.1, 0.15) is 9.84 Å². The molecule has 1 saturated carbocycles. The van der Waals surface area contributed by atoms with Gasteiger partial charge in [-0.1, -0.05) is 20.3 Å². The van der Waals surface area contributed by atoms with E-state index in [9.17, 15) is 18.3 Å². The van der Waals surface area contributed by atoms with Gasteiger partial charge >= 0.3 is 5.97 Å². The minimum absolute atomic E-state index is 0.0174. The Morgan fingerprint density at radius 1 is 1.33 bits per heavy atom. The summed E-state index contributed by atoms with van der Waals surface area (Å²) in [6, 6.07) is 0. The molecule has 1 aliphatic carbocycles. The average Bonchev–Trinajstić information content (AvgIpc) is 2.71. The fourth-order valence-electron chi connectivity index (χ4n) is 2.88. The molecule has 0 saturated heterocycles. The van der Waals surface area contributed by atoms with Crippen LogP contribution >= 0.6 is 0 Å². The van der Waals surface area contributed by atoms with Gasteiger partial charge in [-0.15, -0.1) is 0 Å². The fourth-order valence-corrected chi connectivity index (χ4v) is 4.41. The van der Waals surface area contributed by atoms with Gasteiger partial charge < -0.3 is 5.11 Å². The lowest BCUT2D eigenvalue weighted by atomic mass is 9.82. The summed E-state index contributed by atoms with van der Waals surface area (Å²) in [6.45, 7) is 3.89. The zero-order valence-electron chi connectivity index (χ0n) is 11.3. The van der Waals surface area contributed by atoms with E-state index in [-0.39, 0.29) is 17.9 Å². The van der Waals surface area contributed by atoms with Crippen molar-refractivity contribution in [2.45, 2.75) is 52.4 Å². The van der Waals surface area contributed by atoms with Crippen LogP contribution < -0.4 is 0 Å². The van der Waals surface area contributed by atoms with Gasteiger partial charge in [-0.3, -0.25) is 4.79 Å². The molecule has 0 radical (unpaired) electrons. The normalized spacial score (nSPS) is 28.4. The minimum Gasteiger partial charge on any atom is -0.481 e. The van der Waals surface area contributed by atoms with E-state index in [1.54, 1.807) is 0 Å². The van der Waals surface area contributed by atoms with Crippen molar-refractivity contribution in [3.05, 3.63) is 0 Å². The highest BCUT2D eigenvalue weighted by molar-refractivity contribution is 7.91. The standard InChI is InChI=1S/C13H24O4S/c1-3-8-18(16,17)9-7-13(12(14)15)6-5-11(4-2)10-13/h11H,3-10H2,1-2H3,(H,14,15). The molecule has 2 unspecified atom stereocenters. The molecule has 0 amide bonds. The second-order valence-corrected chi connectivity index (χ2v) is 7.81. The smallest absolute Gasteiger partial charge is 0.309 e. The molecule has 5 heteroatoms. The molecular formula is C13H24O4S. The zero-order chi connectivity index (χ0) is 13.8. The molecule has 1 fully saturated rings. The molecule has 0 aromatic rings. The summed E-state index contributed by atoms with van der Waals surface area (Å²) in [7, 11) is -3.08. The van der Waals surface area contributed by atoms with Crippen molar-refractivity contribution in [1.82, 2.24) is 0 Å².